The van der Waals surface area contributed by atoms with Crippen LogP contribution in [-0.4, -0.2) is 24.9 Å². The van der Waals surface area contributed by atoms with Crippen LogP contribution in [0.25, 0.3) is 0 Å². The van der Waals surface area contributed by atoms with Gasteiger partial charge in [-0.3, -0.25) is 9.59 Å². The number of hydrogen-bond acceptors (Lipinski definition) is 2. The zero-order chi connectivity index (χ0) is 17.7. The van der Waals surface area contributed by atoms with Crippen LogP contribution in [0, 0.1) is 26.7 Å². The van der Waals surface area contributed by atoms with Crippen molar-refractivity contribution >= 4 is 17.5 Å². The Morgan fingerprint density at radius 2 is 1.67 bits per heavy atom. The maximum absolute atomic E-state index is 12.2. The Labute approximate surface area is 145 Å². The number of carbonyl (C=O) groups is 2. The van der Waals surface area contributed by atoms with Gasteiger partial charge in [0.15, 0.2) is 0 Å². The minimum absolute atomic E-state index is 0.0111. The normalized spacial score (nSPS) is 15.2. The van der Waals surface area contributed by atoms with Crippen molar-refractivity contribution in [1.82, 2.24) is 5.32 Å². The predicted octanol–water partition coefficient (Wildman–Crippen LogP) is 3.66. The van der Waals surface area contributed by atoms with E-state index in [1.54, 1.807) is 11.8 Å². The molecule has 0 bridgehead atoms. The van der Waals surface area contributed by atoms with Gasteiger partial charge in [-0.25, -0.2) is 0 Å². The lowest BCUT2D eigenvalue weighted by Crippen LogP contribution is -2.40. The van der Waals surface area contributed by atoms with Crippen molar-refractivity contribution in [2.45, 2.75) is 59.8 Å². The predicted molar refractivity (Wildman–Crippen MR) is 98.3 cm³/mol. The van der Waals surface area contributed by atoms with Crippen LogP contribution in [0.2, 0.25) is 0 Å². The summed E-state index contributed by atoms with van der Waals surface area (Å²) >= 11 is 0. The molecule has 1 N–H and O–H groups in total. The highest BCUT2D eigenvalue weighted by Crippen LogP contribution is 2.26. The Hall–Kier alpha value is -1.84. The first kappa shape index (κ1) is 18.5. The average Bonchev–Trinajstić information content (AvgIpc) is 2.53. The van der Waals surface area contributed by atoms with Gasteiger partial charge < -0.3 is 10.2 Å². The van der Waals surface area contributed by atoms with Crippen molar-refractivity contribution in [3.05, 3.63) is 28.8 Å². The molecular formula is C20H30N2O2. The number of aryl methyl sites for hydroxylation is 3. The molecule has 0 radical (unpaired) electrons. The van der Waals surface area contributed by atoms with Gasteiger partial charge in [-0.2, -0.15) is 0 Å². The van der Waals surface area contributed by atoms with E-state index < -0.39 is 0 Å². The third-order valence-corrected chi connectivity index (χ3v) is 4.90. The van der Waals surface area contributed by atoms with Gasteiger partial charge in [-0.05, 0) is 44.7 Å². The third-order valence-electron chi connectivity index (χ3n) is 4.90. The van der Waals surface area contributed by atoms with Gasteiger partial charge >= 0.3 is 0 Å². The summed E-state index contributed by atoms with van der Waals surface area (Å²) in [6.07, 6.45) is 5.55. The van der Waals surface area contributed by atoms with Crippen LogP contribution in [-0.2, 0) is 9.59 Å². The van der Waals surface area contributed by atoms with Crippen molar-refractivity contribution in [2.24, 2.45) is 5.92 Å². The van der Waals surface area contributed by atoms with E-state index in [1.807, 2.05) is 13.8 Å². The molecule has 4 nitrogen and oxygen atoms in total. The minimum atomic E-state index is 0.0111. The van der Waals surface area contributed by atoms with E-state index in [4.69, 9.17) is 0 Å². The van der Waals surface area contributed by atoms with E-state index in [0.717, 1.165) is 42.5 Å². The average molecular weight is 330 g/mol. The fraction of sp³-hybridized carbons (Fsp3) is 0.600. The molecule has 0 saturated heterocycles. The van der Waals surface area contributed by atoms with Crippen molar-refractivity contribution in [3.8, 4) is 0 Å². The first-order chi connectivity index (χ1) is 11.4. The number of anilines is 1. The summed E-state index contributed by atoms with van der Waals surface area (Å²) in [5.41, 5.74) is 4.37. The van der Waals surface area contributed by atoms with Crippen LogP contribution in [0.4, 0.5) is 5.69 Å². The molecule has 1 aliphatic rings. The van der Waals surface area contributed by atoms with E-state index in [1.165, 1.54) is 12.0 Å². The van der Waals surface area contributed by atoms with Crippen LogP contribution in [0.1, 0.15) is 55.7 Å². The van der Waals surface area contributed by atoms with Gasteiger partial charge in [0, 0.05) is 31.6 Å². The van der Waals surface area contributed by atoms with Crippen LogP contribution >= 0.6 is 0 Å². The van der Waals surface area contributed by atoms with E-state index >= 15 is 0 Å². The molecule has 2 rings (SSSR count). The van der Waals surface area contributed by atoms with E-state index in [-0.39, 0.29) is 17.7 Å². The van der Waals surface area contributed by atoms with Gasteiger partial charge in [-0.1, -0.05) is 37.0 Å². The Balaban J connectivity index is 1.99. The summed E-state index contributed by atoms with van der Waals surface area (Å²) in [7, 11) is 0. The Morgan fingerprint density at radius 3 is 2.21 bits per heavy atom. The fourth-order valence-corrected chi connectivity index (χ4v) is 3.82. The van der Waals surface area contributed by atoms with Gasteiger partial charge in [-0.15, -0.1) is 0 Å². The zero-order valence-corrected chi connectivity index (χ0v) is 15.4. The van der Waals surface area contributed by atoms with E-state index in [0.29, 0.717) is 13.1 Å². The molecule has 1 aliphatic carbocycles. The molecule has 0 atom stereocenters. The second kappa shape index (κ2) is 8.32. The Morgan fingerprint density at radius 1 is 1.08 bits per heavy atom. The van der Waals surface area contributed by atoms with E-state index in [9.17, 15) is 9.59 Å². The molecule has 0 heterocycles. The number of carbonyl (C=O) groups excluding carboxylic acids is 2. The number of nitrogens with one attached hydrogen (secondary N) is 1. The highest BCUT2D eigenvalue weighted by atomic mass is 16.2. The van der Waals surface area contributed by atoms with Gasteiger partial charge in [0.2, 0.25) is 11.8 Å². The largest absolute Gasteiger partial charge is 0.354 e. The first-order valence-electron chi connectivity index (χ1n) is 9.04. The second-order valence-corrected chi connectivity index (χ2v) is 7.04. The lowest BCUT2D eigenvalue weighted by Gasteiger charge is -2.26. The van der Waals surface area contributed by atoms with Crippen LogP contribution in [0.5, 0.6) is 0 Å². The molecule has 0 unspecified atom stereocenters. The van der Waals surface area contributed by atoms with Crippen molar-refractivity contribution in [3.63, 3.8) is 0 Å². The molecule has 1 aromatic rings. The maximum Gasteiger partial charge on any atom is 0.223 e. The molecule has 1 aromatic carbocycles. The monoisotopic (exact) mass is 330 g/mol. The molecule has 132 valence electrons. The molecule has 0 aliphatic heterocycles. The topological polar surface area (TPSA) is 49.4 Å². The lowest BCUT2D eigenvalue weighted by molar-refractivity contribution is -0.126. The second-order valence-electron chi connectivity index (χ2n) is 7.04. The maximum atomic E-state index is 12.2. The van der Waals surface area contributed by atoms with Crippen LogP contribution in [0.15, 0.2) is 12.1 Å². The number of benzene rings is 1. The van der Waals surface area contributed by atoms with Gasteiger partial charge in [0.05, 0.1) is 0 Å². The smallest absolute Gasteiger partial charge is 0.223 e. The third kappa shape index (κ3) is 4.59. The molecule has 1 fully saturated rings. The number of amides is 2. The number of hydrogen-bond donors (Lipinski definition) is 1. The summed E-state index contributed by atoms with van der Waals surface area (Å²) in [6.45, 7) is 8.73. The standard InChI is InChI=1S/C20H30N2O2/c1-14-12-15(2)19(16(3)13-14)22(17(4)23)11-10-21-20(24)18-8-6-5-7-9-18/h12-13,18H,5-11H2,1-4H3,(H,21,24). The molecule has 24 heavy (non-hydrogen) atoms. The first-order valence-corrected chi connectivity index (χ1v) is 9.04. The summed E-state index contributed by atoms with van der Waals surface area (Å²) in [6, 6.07) is 4.19. The highest BCUT2D eigenvalue weighted by molar-refractivity contribution is 5.93. The fourth-order valence-electron chi connectivity index (χ4n) is 3.82. The molecule has 1 saturated carbocycles. The summed E-state index contributed by atoms with van der Waals surface area (Å²) in [5, 5.41) is 3.02. The highest BCUT2D eigenvalue weighted by Gasteiger charge is 2.21. The lowest BCUT2D eigenvalue weighted by atomic mass is 9.89. The minimum Gasteiger partial charge on any atom is -0.354 e. The van der Waals surface area contributed by atoms with Crippen molar-refractivity contribution in [2.75, 3.05) is 18.0 Å². The number of nitrogens with zero attached hydrogens (tertiary/aromatic N) is 1. The van der Waals surface area contributed by atoms with Crippen LogP contribution < -0.4 is 10.2 Å². The van der Waals surface area contributed by atoms with E-state index in [2.05, 4.69) is 24.4 Å². The molecule has 4 heteroatoms. The molecular weight excluding hydrogens is 300 g/mol. The molecule has 0 spiro atoms. The van der Waals surface area contributed by atoms with Gasteiger partial charge in [0.25, 0.3) is 0 Å². The SMILES string of the molecule is CC(=O)N(CCNC(=O)C1CCCCC1)c1c(C)cc(C)cc1C. The molecule has 0 aromatic heterocycles. The van der Waals surface area contributed by atoms with Gasteiger partial charge in [0.1, 0.15) is 0 Å². The summed E-state index contributed by atoms with van der Waals surface area (Å²) in [5.74, 6) is 0.319. The quantitative estimate of drug-likeness (QED) is 0.895. The summed E-state index contributed by atoms with van der Waals surface area (Å²) < 4.78 is 0. The Kier molecular flexibility index (Phi) is 6.41. The number of rotatable bonds is 5. The molecule has 2 amide bonds. The van der Waals surface area contributed by atoms with Crippen LogP contribution in [0.3, 0.4) is 0 Å². The Bertz CT molecular complexity index is 581. The zero-order valence-electron chi connectivity index (χ0n) is 15.4. The van der Waals surface area contributed by atoms with Crippen molar-refractivity contribution in [1.29, 1.82) is 0 Å². The summed E-state index contributed by atoms with van der Waals surface area (Å²) in [4.78, 5) is 26.2. The van der Waals surface area contributed by atoms with Crippen molar-refractivity contribution < 1.29 is 9.59 Å².